The molecule has 0 aromatic carbocycles. The normalized spacial score (nSPS) is 9.21. The number of esters is 1. The third kappa shape index (κ3) is 5.08. The summed E-state index contributed by atoms with van der Waals surface area (Å²) in [6.07, 6.45) is -0.175. The van der Waals surface area contributed by atoms with Crippen LogP contribution in [0.15, 0.2) is 12.2 Å². The molecule has 1 amide bonds. The Labute approximate surface area is 81.9 Å². The van der Waals surface area contributed by atoms with E-state index in [0.717, 1.165) is 0 Å². The Balaban J connectivity index is 3.91. The maximum Gasteiger partial charge on any atom is 0.305 e. The average Bonchev–Trinajstić information content (AvgIpc) is 2.12. The van der Waals surface area contributed by atoms with Crippen LogP contribution >= 0.6 is 0 Å². The number of hydrogen-bond donors (Lipinski definition) is 1. The highest BCUT2D eigenvalue weighted by atomic mass is 16.5. The number of rotatable bonds is 6. The zero-order valence-corrected chi connectivity index (χ0v) is 8.04. The molecule has 78 valence electrons. The van der Waals surface area contributed by atoms with Crippen molar-refractivity contribution in [3.8, 4) is 0 Å². The molecular weight excluding hydrogens is 186 g/mol. The molecule has 0 radical (unpaired) electrons. The van der Waals surface area contributed by atoms with Gasteiger partial charge in [-0.25, -0.2) is 0 Å². The number of methoxy groups -OCH3 is 1. The molecule has 0 heterocycles. The third-order valence-electron chi connectivity index (χ3n) is 1.57. The fourth-order valence-corrected chi connectivity index (χ4v) is 0.803. The minimum absolute atomic E-state index is 0.00120. The molecule has 0 unspecified atom stereocenters. The van der Waals surface area contributed by atoms with Gasteiger partial charge < -0.3 is 10.5 Å². The standard InChI is InChI=1S/C9H13NO4/c1-6(5-8(10)12)7(11)3-4-9(13)14-2/h1,3-5H2,2H3,(H2,10,12). The van der Waals surface area contributed by atoms with Crippen LogP contribution in [-0.4, -0.2) is 24.8 Å². The lowest BCUT2D eigenvalue weighted by atomic mass is 10.1. The van der Waals surface area contributed by atoms with Crippen molar-refractivity contribution < 1.29 is 19.1 Å². The summed E-state index contributed by atoms with van der Waals surface area (Å²) in [5.41, 5.74) is 5.00. The predicted molar refractivity (Wildman–Crippen MR) is 49.2 cm³/mol. The summed E-state index contributed by atoms with van der Waals surface area (Å²) < 4.78 is 4.35. The number of nitrogens with two attached hydrogens (primary N) is 1. The number of carbonyl (C=O) groups is 3. The molecule has 0 aliphatic rings. The molecule has 0 aromatic heterocycles. The van der Waals surface area contributed by atoms with Crippen LogP contribution in [0.3, 0.4) is 0 Å². The first-order chi connectivity index (χ1) is 6.47. The van der Waals surface area contributed by atoms with Crippen LogP contribution in [0, 0.1) is 0 Å². The van der Waals surface area contributed by atoms with Gasteiger partial charge in [0.15, 0.2) is 5.78 Å². The van der Waals surface area contributed by atoms with E-state index in [9.17, 15) is 14.4 Å². The first-order valence-electron chi connectivity index (χ1n) is 4.03. The average molecular weight is 199 g/mol. The lowest BCUT2D eigenvalue weighted by Gasteiger charge is -2.01. The Morgan fingerprint density at radius 2 is 1.86 bits per heavy atom. The van der Waals surface area contributed by atoms with E-state index in [1.54, 1.807) is 0 Å². The van der Waals surface area contributed by atoms with Gasteiger partial charge in [0, 0.05) is 6.42 Å². The van der Waals surface area contributed by atoms with Crippen LogP contribution in [0.25, 0.3) is 0 Å². The van der Waals surface area contributed by atoms with E-state index in [4.69, 9.17) is 5.73 Å². The van der Waals surface area contributed by atoms with E-state index in [2.05, 4.69) is 11.3 Å². The molecule has 0 atom stereocenters. The van der Waals surface area contributed by atoms with Gasteiger partial charge in [-0.2, -0.15) is 0 Å². The van der Waals surface area contributed by atoms with Crippen molar-refractivity contribution in [2.75, 3.05) is 7.11 Å². The van der Waals surface area contributed by atoms with Crippen LogP contribution in [0.2, 0.25) is 0 Å². The van der Waals surface area contributed by atoms with Crippen LogP contribution in [-0.2, 0) is 19.1 Å². The molecule has 2 N–H and O–H groups in total. The summed E-state index contributed by atoms with van der Waals surface area (Å²) in [4.78, 5) is 32.3. The smallest absolute Gasteiger partial charge is 0.305 e. The Morgan fingerprint density at radius 1 is 1.29 bits per heavy atom. The molecule has 5 heteroatoms. The Hall–Kier alpha value is -1.65. The molecule has 0 saturated carbocycles. The van der Waals surface area contributed by atoms with E-state index >= 15 is 0 Å². The quantitative estimate of drug-likeness (QED) is 0.479. The molecule has 5 nitrogen and oxygen atoms in total. The van der Waals surface area contributed by atoms with E-state index in [-0.39, 0.29) is 30.6 Å². The van der Waals surface area contributed by atoms with Crippen molar-refractivity contribution in [2.24, 2.45) is 5.73 Å². The summed E-state index contributed by atoms with van der Waals surface area (Å²) >= 11 is 0. The van der Waals surface area contributed by atoms with Crippen molar-refractivity contribution in [2.45, 2.75) is 19.3 Å². The molecule has 0 aliphatic heterocycles. The van der Waals surface area contributed by atoms with Gasteiger partial charge in [0.1, 0.15) is 0 Å². The zero-order valence-electron chi connectivity index (χ0n) is 8.04. The molecular formula is C9H13NO4. The topological polar surface area (TPSA) is 86.5 Å². The first-order valence-corrected chi connectivity index (χ1v) is 4.03. The van der Waals surface area contributed by atoms with Gasteiger partial charge in [0.05, 0.1) is 20.0 Å². The van der Waals surface area contributed by atoms with Gasteiger partial charge in [-0.05, 0) is 5.57 Å². The molecule has 0 spiro atoms. The molecule has 14 heavy (non-hydrogen) atoms. The van der Waals surface area contributed by atoms with Crippen molar-refractivity contribution in [3.63, 3.8) is 0 Å². The van der Waals surface area contributed by atoms with Gasteiger partial charge in [-0.15, -0.1) is 0 Å². The van der Waals surface area contributed by atoms with E-state index in [1.807, 2.05) is 0 Å². The second kappa shape index (κ2) is 5.90. The summed E-state index contributed by atoms with van der Waals surface area (Å²) in [5, 5.41) is 0. The fourth-order valence-electron chi connectivity index (χ4n) is 0.803. The highest BCUT2D eigenvalue weighted by Gasteiger charge is 2.11. The van der Waals surface area contributed by atoms with E-state index in [0.29, 0.717) is 0 Å². The summed E-state index contributed by atoms with van der Waals surface area (Å²) in [7, 11) is 1.24. The van der Waals surface area contributed by atoms with E-state index in [1.165, 1.54) is 7.11 Å². The van der Waals surface area contributed by atoms with Crippen LogP contribution in [0.4, 0.5) is 0 Å². The van der Waals surface area contributed by atoms with Gasteiger partial charge in [0.2, 0.25) is 5.91 Å². The minimum Gasteiger partial charge on any atom is -0.469 e. The lowest BCUT2D eigenvalue weighted by Crippen LogP contribution is -2.15. The van der Waals surface area contributed by atoms with Crippen molar-refractivity contribution in [1.29, 1.82) is 0 Å². The number of ether oxygens (including phenoxy) is 1. The largest absolute Gasteiger partial charge is 0.469 e. The van der Waals surface area contributed by atoms with Gasteiger partial charge in [0.25, 0.3) is 0 Å². The van der Waals surface area contributed by atoms with Crippen molar-refractivity contribution in [1.82, 2.24) is 0 Å². The van der Waals surface area contributed by atoms with Crippen molar-refractivity contribution >= 4 is 17.7 Å². The molecule has 0 bridgehead atoms. The highest BCUT2D eigenvalue weighted by Crippen LogP contribution is 2.04. The Kier molecular flexibility index (Phi) is 5.21. The lowest BCUT2D eigenvalue weighted by molar-refractivity contribution is -0.141. The first kappa shape index (κ1) is 12.3. The molecule has 0 aromatic rings. The molecule has 0 rings (SSSR count). The molecule has 0 saturated heterocycles. The maximum atomic E-state index is 11.2. The second-order valence-corrected chi connectivity index (χ2v) is 2.75. The monoisotopic (exact) mass is 199 g/mol. The predicted octanol–water partition coefficient (Wildman–Crippen LogP) is -0.0597. The SMILES string of the molecule is C=C(CC(N)=O)C(=O)CCC(=O)OC. The summed E-state index contributed by atoms with van der Waals surface area (Å²) in [6.45, 7) is 3.40. The maximum absolute atomic E-state index is 11.2. The Bertz CT molecular complexity index is 270. The number of Topliss-reactive ketones (excluding diaryl/α,β-unsaturated/α-hetero) is 1. The van der Waals surface area contributed by atoms with Gasteiger partial charge in [-0.1, -0.05) is 6.58 Å². The van der Waals surface area contributed by atoms with Crippen LogP contribution in [0.1, 0.15) is 19.3 Å². The summed E-state index contributed by atoms with van der Waals surface area (Å²) in [5.74, 6) is -1.42. The third-order valence-corrected chi connectivity index (χ3v) is 1.57. The highest BCUT2D eigenvalue weighted by molar-refractivity contribution is 6.00. The zero-order chi connectivity index (χ0) is 11.1. The minimum atomic E-state index is -0.610. The number of hydrogen-bond acceptors (Lipinski definition) is 4. The molecule has 0 aliphatic carbocycles. The van der Waals surface area contributed by atoms with Gasteiger partial charge >= 0.3 is 5.97 Å². The van der Waals surface area contributed by atoms with E-state index < -0.39 is 11.9 Å². The van der Waals surface area contributed by atoms with Crippen LogP contribution < -0.4 is 5.73 Å². The molecule has 0 fully saturated rings. The number of primary amides is 1. The van der Waals surface area contributed by atoms with Crippen molar-refractivity contribution in [3.05, 3.63) is 12.2 Å². The summed E-state index contributed by atoms with van der Waals surface area (Å²) in [6, 6.07) is 0. The number of ketones is 1. The second-order valence-electron chi connectivity index (χ2n) is 2.75. The fraction of sp³-hybridized carbons (Fsp3) is 0.444. The number of amides is 1. The van der Waals surface area contributed by atoms with Gasteiger partial charge in [-0.3, -0.25) is 14.4 Å². The number of carbonyl (C=O) groups excluding carboxylic acids is 3. The van der Waals surface area contributed by atoms with Crippen LogP contribution in [0.5, 0.6) is 0 Å². The Morgan fingerprint density at radius 3 is 2.29 bits per heavy atom.